The third-order valence-electron chi connectivity index (χ3n) is 7.71. The van der Waals surface area contributed by atoms with E-state index in [9.17, 15) is 14.4 Å². The number of amides is 3. The van der Waals surface area contributed by atoms with Gasteiger partial charge < -0.3 is 5.32 Å². The van der Waals surface area contributed by atoms with Gasteiger partial charge in [-0.2, -0.15) is 0 Å². The Kier molecular flexibility index (Phi) is 5.03. The Hall–Kier alpha value is -3.44. The molecule has 1 aliphatic heterocycles. The van der Waals surface area contributed by atoms with E-state index in [0.717, 1.165) is 12.8 Å². The maximum atomic E-state index is 13.6. The van der Waals surface area contributed by atoms with Crippen molar-refractivity contribution in [1.29, 1.82) is 0 Å². The van der Waals surface area contributed by atoms with Crippen LogP contribution in [0.5, 0.6) is 0 Å². The minimum atomic E-state index is -0.312. The van der Waals surface area contributed by atoms with Gasteiger partial charge in [-0.3, -0.25) is 19.3 Å². The van der Waals surface area contributed by atoms with Gasteiger partial charge in [0.05, 0.1) is 17.5 Å². The minimum Gasteiger partial charge on any atom is -0.322 e. The van der Waals surface area contributed by atoms with Crippen LogP contribution >= 0.6 is 11.6 Å². The normalized spacial score (nSPS) is 27.2. The lowest BCUT2D eigenvalue weighted by Crippen LogP contribution is -2.33. The smallest absolute Gasteiger partial charge is 0.255 e. The summed E-state index contributed by atoms with van der Waals surface area (Å²) in [5.74, 6) is -0.337. The molecule has 3 aromatic rings. The maximum Gasteiger partial charge on any atom is 0.255 e. The summed E-state index contributed by atoms with van der Waals surface area (Å²) in [6.45, 7) is 0. The molecule has 34 heavy (non-hydrogen) atoms. The Morgan fingerprint density at radius 2 is 1.59 bits per heavy atom. The summed E-state index contributed by atoms with van der Waals surface area (Å²) in [5.41, 5.74) is 2.72. The highest BCUT2D eigenvalue weighted by Gasteiger charge is 2.64. The Labute approximate surface area is 202 Å². The first-order chi connectivity index (χ1) is 16.5. The third kappa shape index (κ3) is 3.34. The predicted molar refractivity (Wildman–Crippen MR) is 131 cm³/mol. The summed E-state index contributed by atoms with van der Waals surface area (Å²) < 4.78 is 0. The van der Waals surface area contributed by atoms with Gasteiger partial charge in [-0.05, 0) is 78.6 Å². The van der Waals surface area contributed by atoms with E-state index in [2.05, 4.69) is 17.4 Å². The number of nitrogens with one attached hydrogen (secondary N) is 1. The van der Waals surface area contributed by atoms with Crippen LogP contribution < -0.4 is 10.2 Å². The molecule has 0 radical (unpaired) electrons. The zero-order valence-corrected chi connectivity index (χ0v) is 19.1. The largest absolute Gasteiger partial charge is 0.322 e. The number of fused-ring (bicyclic) bond motifs is 5. The number of anilines is 2. The van der Waals surface area contributed by atoms with Crippen LogP contribution in [0.4, 0.5) is 11.4 Å². The average molecular weight is 471 g/mol. The molecular formula is C28H23ClN2O3. The number of carbonyl (C=O) groups is 3. The molecule has 0 unspecified atom stereocenters. The highest BCUT2D eigenvalue weighted by molar-refractivity contribution is 6.30. The fourth-order valence-corrected chi connectivity index (χ4v) is 6.45. The van der Waals surface area contributed by atoms with Crippen LogP contribution in [-0.4, -0.2) is 17.7 Å². The van der Waals surface area contributed by atoms with E-state index in [1.165, 1.54) is 10.5 Å². The predicted octanol–water partition coefficient (Wildman–Crippen LogP) is 5.52. The van der Waals surface area contributed by atoms with E-state index in [1.807, 2.05) is 18.2 Å². The second-order valence-corrected chi connectivity index (χ2v) is 9.92. The topological polar surface area (TPSA) is 66.5 Å². The van der Waals surface area contributed by atoms with Crippen molar-refractivity contribution >= 4 is 40.7 Å². The summed E-state index contributed by atoms with van der Waals surface area (Å²) in [4.78, 5) is 41.1. The van der Waals surface area contributed by atoms with Gasteiger partial charge in [0, 0.05) is 16.3 Å². The number of imide groups is 1. The van der Waals surface area contributed by atoms with Crippen molar-refractivity contribution in [3.8, 4) is 0 Å². The molecule has 3 fully saturated rings. The van der Waals surface area contributed by atoms with Crippen molar-refractivity contribution in [2.75, 3.05) is 10.2 Å². The fourth-order valence-electron chi connectivity index (χ4n) is 6.32. The number of hydrogen-bond donors (Lipinski definition) is 1. The first-order valence-electron chi connectivity index (χ1n) is 11.6. The standard InChI is InChI=1S/C28H23ClN2O3/c29-19-9-11-20(12-10-19)30-26(32)17-7-4-8-21(13-17)31-27(33)24-18-14-22(16-5-2-1-3-6-16)23(15-18)25(24)28(31)34/h1-13,18,22-25H,14-15H2,(H,30,32)/t18-,22+,23-,24+,25+/m1/s1. The lowest BCUT2D eigenvalue weighted by molar-refractivity contribution is -0.123. The van der Waals surface area contributed by atoms with Crippen molar-refractivity contribution in [2.24, 2.45) is 23.7 Å². The van der Waals surface area contributed by atoms with E-state index in [0.29, 0.717) is 27.9 Å². The van der Waals surface area contributed by atoms with Crippen molar-refractivity contribution in [3.05, 3.63) is 95.0 Å². The number of rotatable bonds is 4. The molecular weight excluding hydrogens is 448 g/mol. The van der Waals surface area contributed by atoms with E-state index in [4.69, 9.17) is 11.6 Å². The molecule has 5 atom stereocenters. The maximum absolute atomic E-state index is 13.6. The van der Waals surface area contributed by atoms with Crippen LogP contribution in [0.1, 0.15) is 34.7 Å². The summed E-state index contributed by atoms with van der Waals surface area (Å²) in [5, 5.41) is 3.41. The Bertz CT molecular complexity index is 1290. The molecule has 170 valence electrons. The summed E-state index contributed by atoms with van der Waals surface area (Å²) in [6, 6.07) is 23.9. The molecule has 6 rings (SSSR count). The van der Waals surface area contributed by atoms with Crippen LogP contribution in [0.3, 0.4) is 0 Å². The van der Waals surface area contributed by atoms with Gasteiger partial charge in [-0.1, -0.05) is 48.0 Å². The van der Waals surface area contributed by atoms with Gasteiger partial charge in [0.1, 0.15) is 0 Å². The Balaban J connectivity index is 1.25. The lowest BCUT2D eigenvalue weighted by atomic mass is 9.73. The highest BCUT2D eigenvalue weighted by atomic mass is 35.5. The quantitative estimate of drug-likeness (QED) is 0.510. The number of benzene rings is 3. The molecule has 1 heterocycles. The van der Waals surface area contributed by atoms with Gasteiger partial charge in [0.2, 0.25) is 11.8 Å². The van der Waals surface area contributed by atoms with Gasteiger partial charge in [0.15, 0.2) is 0 Å². The first-order valence-corrected chi connectivity index (χ1v) is 12.0. The minimum absolute atomic E-state index is 0.121. The van der Waals surface area contributed by atoms with Crippen molar-refractivity contribution in [2.45, 2.75) is 18.8 Å². The third-order valence-corrected chi connectivity index (χ3v) is 7.96. The first kappa shape index (κ1) is 21.1. The molecule has 0 spiro atoms. The molecule has 1 N–H and O–H groups in total. The SMILES string of the molecule is O=C(Nc1ccc(Cl)cc1)c1cccc(N2C(=O)[C@H]3[C@H]4C[C@@H]([C@@H]3C2=O)[C@H](c2ccccc2)C4)c1. The molecule has 5 nitrogen and oxygen atoms in total. The van der Waals surface area contributed by atoms with Crippen molar-refractivity contribution in [1.82, 2.24) is 0 Å². The Morgan fingerprint density at radius 1 is 0.853 bits per heavy atom. The molecule has 2 aliphatic carbocycles. The van der Waals surface area contributed by atoms with Crippen LogP contribution in [0.15, 0.2) is 78.9 Å². The number of halogens is 1. The van der Waals surface area contributed by atoms with Crippen LogP contribution in [-0.2, 0) is 9.59 Å². The number of hydrogen-bond acceptors (Lipinski definition) is 3. The molecule has 3 aromatic carbocycles. The molecule has 0 aromatic heterocycles. The average Bonchev–Trinajstić information content (AvgIpc) is 3.52. The van der Waals surface area contributed by atoms with E-state index >= 15 is 0 Å². The highest BCUT2D eigenvalue weighted by Crippen LogP contribution is 2.61. The lowest BCUT2D eigenvalue weighted by Gasteiger charge is -2.28. The second-order valence-electron chi connectivity index (χ2n) is 9.49. The summed E-state index contributed by atoms with van der Waals surface area (Å²) in [6.07, 6.45) is 1.88. The molecule has 6 heteroatoms. The van der Waals surface area contributed by atoms with Gasteiger partial charge in [-0.15, -0.1) is 0 Å². The molecule has 1 saturated heterocycles. The fraction of sp³-hybridized carbons (Fsp3) is 0.250. The summed E-state index contributed by atoms with van der Waals surface area (Å²) in [7, 11) is 0. The molecule has 2 saturated carbocycles. The van der Waals surface area contributed by atoms with Crippen LogP contribution in [0.2, 0.25) is 5.02 Å². The Morgan fingerprint density at radius 3 is 2.35 bits per heavy atom. The molecule has 3 aliphatic rings. The van der Waals surface area contributed by atoms with Gasteiger partial charge in [-0.25, -0.2) is 0 Å². The van der Waals surface area contributed by atoms with Crippen molar-refractivity contribution in [3.63, 3.8) is 0 Å². The van der Waals surface area contributed by atoms with Gasteiger partial charge in [0.25, 0.3) is 5.91 Å². The zero-order chi connectivity index (χ0) is 23.4. The van der Waals surface area contributed by atoms with E-state index in [-0.39, 0.29) is 41.4 Å². The van der Waals surface area contributed by atoms with E-state index < -0.39 is 0 Å². The van der Waals surface area contributed by atoms with Gasteiger partial charge >= 0.3 is 0 Å². The van der Waals surface area contributed by atoms with E-state index in [1.54, 1.807) is 48.5 Å². The number of nitrogens with zero attached hydrogens (tertiary/aromatic N) is 1. The number of carbonyl (C=O) groups excluding carboxylic acids is 3. The van der Waals surface area contributed by atoms with Crippen LogP contribution in [0.25, 0.3) is 0 Å². The zero-order valence-electron chi connectivity index (χ0n) is 18.4. The second kappa shape index (κ2) is 8.10. The molecule has 3 amide bonds. The molecule has 2 bridgehead atoms. The van der Waals surface area contributed by atoms with Crippen LogP contribution in [0, 0.1) is 23.7 Å². The monoisotopic (exact) mass is 470 g/mol. The van der Waals surface area contributed by atoms with Crippen molar-refractivity contribution < 1.29 is 14.4 Å². The summed E-state index contributed by atoms with van der Waals surface area (Å²) >= 11 is 5.91.